The van der Waals surface area contributed by atoms with Crippen molar-refractivity contribution in [2.24, 2.45) is 0 Å². The lowest BCUT2D eigenvalue weighted by Gasteiger charge is -2.13. The fraction of sp³-hybridized carbons (Fsp3) is 0.200. The standard InChI is InChI=1S/C20H20N2O3/c1-25-17-8-7-14-4-2-5-15(18(14)11-17)10-20(24)22-13-19(23)16-6-3-9-21-12-16/h2-9,11-12,19,23H,10,13H2,1H3,(H,22,24)/t19-/m0/s1. The predicted octanol–water partition coefficient (Wildman–Crippen LogP) is 2.64. The van der Waals surface area contributed by atoms with Crippen LogP contribution in [0.25, 0.3) is 10.8 Å². The van der Waals surface area contributed by atoms with Crippen LogP contribution < -0.4 is 10.1 Å². The Hall–Kier alpha value is -2.92. The number of rotatable bonds is 6. The van der Waals surface area contributed by atoms with Gasteiger partial charge < -0.3 is 15.2 Å². The van der Waals surface area contributed by atoms with Gasteiger partial charge in [-0.15, -0.1) is 0 Å². The van der Waals surface area contributed by atoms with E-state index in [4.69, 9.17) is 4.74 Å². The van der Waals surface area contributed by atoms with E-state index in [1.807, 2.05) is 36.4 Å². The first-order valence-corrected chi connectivity index (χ1v) is 8.07. The number of benzene rings is 2. The summed E-state index contributed by atoms with van der Waals surface area (Å²) in [6, 6.07) is 15.2. The number of hydrogen-bond acceptors (Lipinski definition) is 4. The lowest BCUT2D eigenvalue weighted by Crippen LogP contribution is -2.29. The average molecular weight is 336 g/mol. The van der Waals surface area contributed by atoms with Crippen molar-refractivity contribution in [2.45, 2.75) is 12.5 Å². The van der Waals surface area contributed by atoms with Gasteiger partial charge in [0.1, 0.15) is 5.75 Å². The lowest BCUT2D eigenvalue weighted by molar-refractivity contribution is -0.120. The number of methoxy groups -OCH3 is 1. The van der Waals surface area contributed by atoms with Crippen molar-refractivity contribution in [2.75, 3.05) is 13.7 Å². The largest absolute Gasteiger partial charge is 0.497 e. The minimum Gasteiger partial charge on any atom is -0.497 e. The van der Waals surface area contributed by atoms with Crippen molar-refractivity contribution >= 4 is 16.7 Å². The Morgan fingerprint density at radius 3 is 2.88 bits per heavy atom. The van der Waals surface area contributed by atoms with Crippen molar-refractivity contribution in [3.8, 4) is 5.75 Å². The molecule has 0 aliphatic heterocycles. The van der Waals surface area contributed by atoms with Crippen LogP contribution in [0.1, 0.15) is 17.2 Å². The summed E-state index contributed by atoms with van der Waals surface area (Å²) in [6.45, 7) is 0.151. The fourth-order valence-electron chi connectivity index (χ4n) is 2.73. The molecule has 3 rings (SSSR count). The number of nitrogens with zero attached hydrogens (tertiary/aromatic N) is 1. The second kappa shape index (κ2) is 7.77. The fourth-order valence-corrected chi connectivity index (χ4v) is 2.73. The number of ether oxygens (including phenoxy) is 1. The average Bonchev–Trinajstić information content (AvgIpc) is 2.66. The first kappa shape index (κ1) is 16.9. The van der Waals surface area contributed by atoms with Gasteiger partial charge in [0.2, 0.25) is 5.91 Å². The first-order valence-electron chi connectivity index (χ1n) is 8.07. The van der Waals surface area contributed by atoms with E-state index in [1.54, 1.807) is 31.6 Å². The zero-order valence-corrected chi connectivity index (χ0v) is 14.0. The summed E-state index contributed by atoms with van der Waals surface area (Å²) in [5.74, 6) is 0.616. The van der Waals surface area contributed by atoms with Crippen LogP contribution in [0.15, 0.2) is 60.9 Å². The molecule has 0 aliphatic carbocycles. The van der Waals surface area contributed by atoms with Crippen molar-refractivity contribution in [3.05, 3.63) is 72.1 Å². The maximum absolute atomic E-state index is 12.3. The van der Waals surface area contributed by atoms with Gasteiger partial charge in [-0.3, -0.25) is 9.78 Å². The van der Waals surface area contributed by atoms with Gasteiger partial charge in [-0.25, -0.2) is 0 Å². The SMILES string of the molecule is COc1ccc2cccc(CC(=O)NC[C@H](O)c3cccnc3)c2c1. The molecule has 5 nitrogen and oxygen atoms in total. The number of aliphatic hydroxyl groups is 1. The molecule has 2 N–H and O–H groups in total. The van der Waals surface area contributed by atoms with Gasteiger partial charge in [0, 0.05) is 24.5 Å². The highest BCUT2D eigenvalue weighted by Gasteiger charge is 2.11. The van der Waals surface area contributed by atoms with Crippen molar-refractivity contribution in [1.82, 2.24) is 10.3 Å². The smallest absolute Gasteiger partial charge is 0.224 e. The molecule has 5 heteroatoms. The van der Waals surface area contributed by atoms with Crippen molar-refractivity contribution in [1.29, 1.82) is 0 Å². The highest BCUT2D eigenvalue weighted by Crippen LogP contribution is 2.24. The Bertz CT molecular complexity index is 865. The van der Waals surface area contributed by atoms with Gasteiger partial charge in [-0.1, -0.05) is 30.3 Å². The van der Waals surface area contributed by atoms with Crippen LogP contribution in [0.2, 0.25) is 0 Å². The quantitative estimate of drug-likeness (QED) is 0.726. The van der Waals surface area contributed by atoms with E-state index in [0.717, 1.165) is 22.1 Å². The summed E-state index contributed by atoms with van der Waals surface area (Å²) < 4.78 is 5.27. The summed E-state index contributed by atoms with van der Waals surface area (Å²) in [7, 11) is 1.62. The summed E-state index contributed by atoms with van der Waals surface area (Å²) in [6.07, 6.45) is 2.70. The van der Waals surface area contributed by atoms with E-state index in [0.29, 0.717) is 5.56 Å². The molecule has 1 atom stereocenters. The van der Waals surface area contributed by atoms with Crippen LogP contribution in [-0.4, -0.2) is 29.7 Å². The number of aromatic nitrogens is 1. The summed E-state index contributed by atoms with van der Waals surface area (Å²) in [5.41, 5.74) is 1.60. The van der Waals surface area contributed by atoms with Crippen LogP contribution in [-0.2, 0) is 11.2 Å². The molecule has 1 heterocycles. The van der Waals surface area contributed by atoms with Crippen LogP contribution in [0.5, 0.6) is 5.75 Å². The summed E-state index contributed by atoms with van der Waals surface area (Å²) in [5, 5.41) is 14.9. The van der Waals surface area contributed by atoms with E-state index in [9.17, 15) is 9.90 Å². The maximum Gasteiger partial charge on any atom is 0.224 e. The Kier molecular flexibility index (Phi) is 5.26. The van der Waals surface area contributed by atoms with Crippen LogP contribution in [0.3, 0.4) is 0 Å². The molecule has 1 amide bonds. The molecular weight excluding hydrogens is 316 g/mol. The van der Waals surface area contributed by atoms with E-state index in [-0.39, 0.29) is 18.9 Å². The molecule has 0 aliphatic rings. The zero-order chi connectivity index (χ0) is 17.6. The highest BCUT2D eigenvalue weighted by molar-refractivity contribution is 5.91. The monoisotopic (exact) mass is 336 g/mol. The van der Waals surface area contributed by atoms with E-state index >= 15 is 0 Å². The molecule has 0 spiro atoms. The van der Waals surface area contributed by atoms with E-state index in [1.165, 1.54) is 0 Å². The number of pyridine rings is 1. The molecule has 128 valence electrons. The number of carbonyl (C=O) groups excluding carboxylic acids is 1. The highest BCUT2D eigenvalue weighted by atomic mass is 16.5. The molecule has 0 saturated heterocycles. The van der Waals surface area contributed by atoms with Crippen LogP contribution in [0.4, 0.5) is 0 Å². The van der Waals surface area contributed by atoms with Crippen LogP contribution >= 0.6 is 0 Å². The molecule has 0 fully saturated rings. The van der Waals surface area contributed by atoms with Gasteiger partial charge in [0.25, 0.3) is 0 Å². The number of amides is 1. The van der Waals surface area contributed by atoms with Crippen LogP contribution in [0, 0.1) is 0 Å². The molecule has 0 saturated carbocycles. The van der Waals surface area contributed by atoms with E-state index < -0.39 is 6.10 Å². The van der Waals surface area contributed by atoms with Gasteiger partial charge in [0.05, 0.1) is 19.6 Å². The van der Waals surface area contributed by atoms with E-state index in [2.05, 4.69) is 10.3 Å². The minimum atomic E-state index is -0.773. The summed E-state index contributed by atoms with van der Waals surface area (Å²) in [4.78, 5) is 16.2. The number of aliphatic hydroxyl groups excluding tert-OH is 1. The van der Waals surface area contributed by atoms with Gasteiger partial charge >= 0.3 is 0 Å². The maximum atomic E-state index is 12.3. The number of carbonyl (C=O) groups is 1. The zero-order valence-electron chi connectivity index (χ0n) is 14.0. The number of nitrogens with one attached hydrogen (secondary N) is 1. The molecular formula is C20H20N2O3. The number of hydrogen-bond donors (Lipinski definition) is 2. The third kappa shape index (κ3) is 4.14. The number of fused-ring (bicyclic) bond motifs is 1. The Labute approximate surface area is 146 Å². The molecule has 3 aromatic rings. The molecule has 0 unspecified atom stereocenters. The second-order valence-corrected chi connectivity index (χ2v) is 5.79. The minimum absolute atomic E-state index is 0.140. The lowest BCUT2D eigenvalue weighted by atomic mass is 10.0. The van der Waals surface area contributed by atoms with Gasteiger partial charge in [-0.2, -0.15) is 0 Å². The summed E-state index contributed by atoms with van der Waals surface area (Å²) >= 11 is 0. The topological polar surface area (TPSA) is 71.5 Å². The van der Waals surface area contributed by atoms with Gasteiger partial charge in [-0.05, 0) is 34.5 Å². The molecule has 2 aromatic carbocycles. The predicted molar refractivity (Wildman–Crippen MR) is 96.4 cm³/mol. The van der Waals surface area contributed by atoms with Crippen molar-refractivity contribution in [3.63, 3.8) is 0 Å². The third-order valence-electron chi connectivity index (χ3n) is 4.09. The molecule has 0 radical (unpaired) electrons. The molecule has 0 bridgehead atoms. The Morgan fingerprint density at radius 2 is 2.12 bits per heavy atom. The first-order chi connectivity index (χ1) is 12.2. The third-order valence-corrected chi connectivity index (χ3v) is 4.09. The van der Waals surface area contributed by atoms with Crippen molar-refractivity contribution < 1.29 is 14.6 Å². The molecule has 25 heavy (non-hydrogen) atoms. The molecule has 1 aromatic heterocycles. The second-order valence-electron chi connectivity index (χ2n) is 5.79. The Morgan fingerprint density at radius 1 is 1.24 bits per heavy atom. The normalized spacial score (nSPS) is 11.9. The van der Waals surface area contributed by atoms with Gasteiger partial charge in [0.15, 0.2) is 0 Å². The Balaban J connectivity index is 1.68.